The third kappa shape index (κ3) is 8.60. The molecule has 53 heavy (non-hydrogen) atoms. The molecule has 0 saturated carbocycles. The number of H-pyrrole nitrogens is 1. The molecule has 4 aromatic carbocycles. The highest BCUT2D eigenvalue weighted by atomic mass is 16.7. The summed E-state index contributed by atoms with van der Waals surface area (Å²) in [5.41, 5.74) is 7.42. The number of amides is 1. The first kappa shape index (κ1) is 36.3. The van der Waals surface area contributed by atoms with Gasteiger partial charge in [-0.3, -0.25) is 14.2 Å². The minimum atomic E-state index is -0.869. The maximum atomic E-state index is 12.9. The van der Waals surface area contributed by atoms with E-state index in [0.29, 0.717) is 13.0 Å². The van der Waals surface area contributed by atoms with E-state index in [2.05, 4.69) is 21.3 Å². The Balaban J connectivity index is 1.06. The second-order valence-electron chi connectivity index (χ2n) is 14.0. The largest absolute Gasteiger partial charge is 0.453 e. The summed E-state index contributed by atoms with van der Waals surface area (Å²) in [7, 11) is 0. The quantitative estimate of drug-likeness (QED) is 0.143. The lowest BCUT2D eigenvalue weighted by Crippen LogP contribution is -2.43. The molecule has 5 aromatic rings. The van der Waals surface area contributed by atoms with Gasteiger partial charge in [0.1, 0.15) is 0 Å². The van der Waals surface area contributed by atoms with Crippen molar-refractivity contribution in [2.75, 3.05) is 19.6 Å². The predicted molar refractivity (Wildman–Crippen MR) is 201 cm³/mol. The van der Waals surface area contributed by atoms with Crippen LogP contribution in [-0.4, -0.2) is 63.3 Å². The Labute approximate surface area is 308 Å². The van der Waals surface area contributed by atoms with Gasteiger partial charge in [0.25, 0.3) is 5.91 Å². The van der Waals surface area contributed by atoms with E-state index in [1.54, 1.807) is 6.92 Å². The molecule has 11 heteroatoms. The maximum absolute atomic E-state index is 12.9. The van der Waals surface area contributed by atoms with Crippen LogP contribution in [0, 0.1) is 0 Å². The first-order valence-electron chi connectivity index (χ1n) is 18.3. The fourth-order valence-electron chi connectivity index (χ4n) is 7.48. The van der Waals surface area contributed by atoms with Crippen LogP contribution in [0.25, 0.3) is 22.2 Å². The zero-order valence-electron chi connectivity index (χ0n) is 30.1. The summed E-state index contributed by atoms with van der Waals surface area (Å²) in [5.74, 6) is -0.859. The molecule has 0 aliphatic carbocycles. The van der Waals surface area contributed by atoms with Crippen molar-refractivity contribution < 1.29 is 28.9 Å². The number of rotatable bonds is 11. The van der Waals surface area contributed by atoms with Crippen LogP contribution >= 0.6 is 0 Å². The van der Waals surface area contributed by atoms with Gasteiger partial charge in [-0.25, -0.2) is 4.79 Å². The number of fused-ring (bicyclic) bond motifs is 1. The van der Waals surface area contributed by atoms with Gasteiger partial charge in [-0.05, 0) is 71.8 Å². The molecule has 0 radical (unpaired) electrons. The number of para-hydroxylation sites is 2. The summed E-state index contributed by atoms with van der Waals surface area (Å²) < 4.78 is 20.3. The van der Waals surface area contributed by atoms with Crippen molar-refractivity contribution in [1.29, 1.82) is 0 Å². The summed E-state index contributed by atoms with van der Waals surface area (Å²) in [6, 6.07) is 32.0. The second kappa shape index (κ2) is 16.3. The Bertz CT molecular complexity index is 2100. The van der Waals surface area contributed by atoms with Crippen molar-refractivity contribution in [1.82, 2.24) is 19.8 Å². The van der Waals surface area contributed by atoms with E-state index < -0.39 is 18.4 Å². The van der Waals surface area contributed by atoms with E-state index in [1.807, 2.05) is 95.6 Å². The molecular formula is C42H46N4O7. The van der Waals surface area contributed by atoms with Gasteiger partial charge in [-0.1, -0.05) is 72.8 Å². The number of aromatic nitrogens is 2. The van der Waals surface area contributed by atoms with Crippen LogP contribution in [0.4, 0.5) is 0 Å². The zero-order chi connectivity index (χ0) is 36.9. The number of imidazole rings is 1. The van der Waals surface area contributed by atoms with Crippen LogP contribution in [0.2, 0.25) is 0 Å². The molecular weight excluding hydrogens is 672 g/mol. The first-order chi connectivity index (χ1) is 25.7. The topological polar surface area (TPSA) is 135 Å². The Morgan fingerprint density at radius 3 is 2.40 bits per heavy atom. The average molecular weight is 719 g/mol. The number of aromatic amines is 1. The zero-order valence-corrected chi connectivity index (χ0v) is 30.1. The molecule has 0 bridgehead atoms. The molecule has 1 amide bonds. The van der Waals surface area contributed by atoms with Crippen molar-refractivity contribution in [3.8, 4) is 11.1 Å². The fraction of sp³-hybridized carbons (Fsp3) is 0.357. The molecule has 11 nitrogen and oxygen atoms in total. The highest BCUT2D eigenvalue weighted by molar-refractivity contribution is 5.83. The Hall–Kier alpha value is -5.07. The van der Waals surface area contributed by atoms with Crippen molar-refractivity contribution in [3.05, 3.63) is 130 Å². The summed E-state index contributed by atoms with van der Waals surface area (Å²) in [5, 5.41) is 12.5. The number of piperidine rings is 1. The van der Waals surface area contributed by atoms with Gasteiger partial charge < -0.3 is 34.5 Å². The summed E-state index contributed by atoms with van der Waals surface area (Å²) >= 11 is 0. The van der Waals surface area contributed by atoms with Gasteiger partial charge in [-0.15, -0.1) is 0 Å². The van der Waals surface area contributed by atoms with E-state index in [0.717, 1.165) is 76.9 Å². The molecule has 2 saturated heterocycles. The molecule has 4 atom stereocenters. The number of benzene rings is 4. The second-order valence-corrected chi connectivity index (χ2v) is 14.0. The van der Waals surface area contributed by atoms with Gasteiger partial charge in [0.2, 0.25) is 0 Å². The number of nitrogens with zero attached hydrogens (tertiary/aromatic N) is 2. The summed E-state index contributed by atoms with van der Waals surface area (Å²) in [4.78, 5) is 42.0. The van der Waals surface area contributed by atoms with E-state index in [1.165, 1.54) is 6.92 Å². The van der Waals surface area contributed by atoms with Crippen LogP contribution in [0.1, 0.15) is 73.8 Å². The van der Waals surface area contributed by atoms with E-state index >= 15 is 0 Å². The molecule has 3 heterocycles. The third-order valence-electron chi connectivity index (χ3n) is 10.2. The van der Waals surface area contributed by atoms with E-state index in [-0.39, 0.29) is 36.5 Å². The van der Waals surface area contributed by atoms with Crippen molar-refractivity contribution in [2.24, 2.45) is 0 Å². The van der Waals surface area contributed by atoms with Gasteiger partial charge in [-0.2, -0.15) is 0 Å². The number of aliphatic hydroxyl groups excluding tert-OH is 1. The van der Waals surface area contributed by atoms with Crippen LogP contribution in [0.3, 0.4) is 0 Å². The highest BCUT2D eigenvalue weighted by Gasteiger charge is 2.34. The number of ether oxygens (including phenoxy) is 3. The lowest BCUT2D eigenvalue weighted by atomic mass is 9.97. The number of hydrogen-bond donors (Lipinski definition) is 3. The van der Waals surface area contributed by atoms with Crippen LogP contribution < -0.4 is 11.0 Å². The predicted octanol–water partition coefficient (Wildman–Crippen LogP) is 5.94. The maximum Gasteiger partial charge on any atom is 0.326 e. The van der Waals surface area contributed by atoms with Crippen LogP contribution in [0.5, 0.6) is 0 Å². The number of likely N-dealkylation sites (tertiary alicyclic amines) is 1. The highest BCUT2D eigenvalue weighted by Crippen LogP contribution is 2.39. The number of hydrogen-bond acceptors (Lipinski definition) is 8. The van der Waals surface area contributed by atoms with Crippen LogP contribution in [-0.2, 0) is 37.0 Å². The SMILES string of the molecule is CC(=O)O[C@@H](C)C(=O)NCc1cccc(-c2cccc([C@@H]3O[C@H](CN4CCC(n5c(=O)[nH]c6ccccc65)CC4)C[C@H](c4ccc(CO)cc4)O3)c2)c1. The molecule has 2 fully saturated rings. The Morgan fingerprint density at radius 2 is 1.64 bits per heavy atom. The Morgan fingerprint density at radius 1 is 0.906 bits per heavy atom. The fourth-order valence-corrected chi connectivity index (χ4v) is 7.48. The number of nitrogens with one attached hydrogen (secondary N) is 2. The van der Waals surface area contributed by atoms with Crippen LogP contribution in [0.15, 0.2) is 102 Å². The molecule has 0 unspecified atom stereocenters. The summed E-state index contributed by atoms with van der Waals surface area (Å²) in [6.45, 7) is 5.55. The van der Waals surface area contributed by atoms with Crippen molar-refractivity contribution >= 4 is 22.9 Å². The molecule has 276 valence electrons. The van der Waals surface area contributed by atoms with Crippen molar-refractivity contribution in [3.63, 3.8) is 0 Å². The first-order valence-corrected chi connectivity index (χ1v) is 18.3. The number of aliphatic hydroxyl groups is 1. The molecule has 2 aliphatic rings. The number of esters is 1. The lowest BCUT2D eigenvalue weighted by Gasteiger charge is -2.40. The van der Waals surface area contributed by atoms with Gasteiger partial charge in [0, 0.05) is 51.1 Å². The van der Waals surface area contributed by atoms with Gasteiger partial charge >= 0.3 is 11.7 Å². The molecule has 7 rings (SSSR count). The van der Waals surface area contributed by atoms with Gasteiger partial charge in [0.05, 0.1) is 29.8 Å². The summed E-state index contributed by atoms with van der Waals surface area (Å²) in [6.07, 6.45) is 0.634. The molecule has 3 N–H and O–H groups in total. The molecule has 1 aromatic heterocycles. The van der Waals surface area contributed by atoms with E-state index in [9.17, 15) is 19.5 Å². The lowest BCUT2D eigenvalue weighted by molar-refractivity contribution is -0.253. The standard InChI is InChI=1S/C42H46N4O7/c1-27(51-28(2)48)40(49)43-24-30-7-5-8-32(21-30)33-9-6-10-34(22-33)41-52-36(23-39(53-41)31-15-13-29(26-47)14-16-31)25-45-19-17-35(18-20-45)46-38-12-4-3-11-37(38)44-42(46)50/h3-16,21-22,27,35-36,39,41,47H,17-20,23-26H2,1-2H3,(H,43,49)(H,44,50)/t27-,36-,39+,41+/m0/s1. The average Bonchev–Trinajstić information content (AvgIpc) is 3.52. The number of carbonyl (C=O) groups is 2. The van der Waals surface area contributed by atoms with Gasteiger partial charge in [0.15, 0.2) is 12.4 Å². The minimum absolute atomic E-state index is 0.0193. The van der Waals surface area contributed by atoms with Crippen molar-refractivity contribution in [2.45, 2.75) is 76.9 Å². The number of carbonyl (C=O) groups excluding carboxylic acids is 2. The normalized spacial score (nSPS) is 20.2. The molecule has 0 spiro atoms. The molecule has 2 aliphatic heterocycles. The monoisotopic (exact) mass is 718 g/mol. The van der Waals surface area contributed by atoms with E-state index in [4.69, 9.17) is 14.2 Å². The Kier molecular flexibility index (Phi) is 11.2. The smallest absolute Gasteiger partial charge is 0.326 e. The third-order valence-corrected chi connectivity index (χ3v) is 10.2. The minimum Gasteiger partial charge on any atom is -0.453 e.